The lowest BCUT2D eigenvalue weighted by Gasteiger charge is -2.37. The minimum Gasteiger partial charge on any atom is -0.244 e. The van der Waals surface area contributed by atoms with E-state index in [1.807, 2.05) is 6.92 Å². The Kier molecular flexibility index (Phi) is 7.10. The van der Waals surface area contributed by atoms with Crippen molar-refractivity contribution in [3.63, 3.8) is 0 Å². The summed E-state index contributed by atoms with van der Waals surface area (Å²) < 4.78 is 28.4. The van der Waals surface area contributed by atoms with E-state index in [4.69, 9.17) is 0 Å². The molecule has 6 unspecified atom stereocenters. The fourth-order valence-electron chi connectivity index (χ4n) is 4.65. The van der Waals surface area contributed by atoms with Crippen LogP contribution < -0.4 is 0 Å². The molecule has 2 aliphatic rings. The molecule has 0 aliphatic heterocycles. The quantitative estimate of drug-likeness (QED) is 0.466. The van der Waals surface area contributed by atoms with Crippen molar-refractivity contribution in [2.24, 2.45) is 29.6 Å². The van der Waals surface area contributed by atoms with Crippen LogP contribution in [-0.2, 0) is 0 Å². The summed E-state index contributed by atoms with van der Waals surface area (Å²) in [5.41, 5.74) is 1.22. The Labute approximate surface area is 142 Å². The van der Waals surface area contributed by atoms with E-state index in [0.717, 1.165) is 43.4 Å². The van der Waals surface area contributed by atoms with Crippen molar-refractivity contribution >= 4 is 0 Å². The molecule has 2 rings (SSSR count). The minimum absolute atomic E-state index is 0.112. The SMILES string of the molecule is CCC(CCC(C)C)C1CC=C(C2CCC(C)C(F)C2F)CC1. The molecule has 0 heterocycles. The molecule has 0 radical (unpaired) electrons. The normalized spacial score (nSPS) is 36.8. The van der Waals surface area contributed by atoms with Gasteiger partial charge in [0.1, 0.15) is 12.3 Å². The Morgan fingerprint density at radius 2 is 1.83 bits per heavy atom. The van der Waals surface area contributed by atoms with E-state index in [9.17, 15) is 8.78 Å². The third-order valence-corrected chi connectivity index (χ3v) is 6.43. The first-order valence-electron chi connectivity index (χ1n) is 9.91. The van der Waals surface area contributed by atoms with E-state index in [0.29, 0.717) is 0 Å². The summed E-state index contributed by atoms with van der Waals surface area (Å²) in [6, 6.07) is 0. The van der Waals surface area contributed by atoms with Gasteiger partial charge in [-0.15, -0.1) is 0 Å². The molecule has 0 amide bonds. The highest BCUT2D eigenvalue weighted by molar-refractivity contribution is 5.15. The summed E-state index contributed by atoms with van der Waals surface area (Å²) in [7, 11) is 0. The maximum atomic E-state index is 14.4. The van der Waals surface area contributed by atoms with Crippen LogP contribution in [-0.4, -0.2) is 12.3 Å². The van der Waals surface area contributed by atoms with Gasteiger partial charge in [0.05, 0.1) is 0 Å². The molecule has 2 aliphatic carbocycles. The fraction of sp³-hybridized carbons (Fsp3) is 0.905. The predicted octanol–water partition coefficient (Wildman–Crippen LogP) is 6.90. The molecular formula is C21H36F2. The van der Waals surface area contributed by atoms with Gasteiger partial charge in [0, 0.05) is 5.92 Å². The molecule has 0 saturated heterocycles. The first kappa shape index (κ1) is 18.9. The molecule has 0 aromatic rings. The van der Waals surface area contributed by atoms with Crippen molar-refractivity contribution < 1.29 is 8.78 Å². The first-order chi connectivity index (χ1) is 10.9. The van der Waals surface area contributed by atoms with Gasteiger partial charge in [-0.1, -0.05) is 52.2 Å². The van der Waals surface area contributed by atoms with Gasteiger partial charge in [-0.05, 0) is 62.2 Å². The summed E-state index contributed by atoms with van der Waals surface area (Å²) in [4.78, 5) is 0. The van der Waals surface area contributed by atoms with Gasteiger partial charge in [-0.3, -0.25) is 0 Å². The van der Waals surface area contributed by atoms with Crippen LogP contribution in [0.3, 0.4) is 0 Å². The number of hydrogen-bond acceptors (Lipinski definition) is 0. The fourth-order valence-corrected chi connectivity index (χ4v) is 4.65. The van der Waals surface area contributed by atoms with Gasteiger partial charge < -0.3 is 0 Å². The second-order valence-electron chi connectivity index (χ2n) is 8.50. The summed E-state index contributed by atoms with van der Waals surface area (Å²) in [5.74, 6) is 2.08. The predicted molar refractivity (Wildman–Crippen MR) is 95.0 cm³/mol. The smallest absolute Gasteiger partial charge is 0.138 e. The number of hydrogen-bond donors (Lipinski definition) is 0. The van der Waals surface area contributed by atoms with Crippen molar-refractivity contribution in [3.8, 4) is 0 Å². The molecule has 0 aromatic heterocycles. The Morgan fingerprint density at radius 3 is 2.39 bits per heavy atom. The van der Waals surface area contributed by atoms with Crippen LogP contribution in [0.2, 0.25) is 0 Å². The number of allylic oxidation sites excluding steroid dienone is 2. The molecule has 134 valence electrons. The molecule has 23 heavy (non-hydrogen) atoms. The van der Waals surface area contributed by atoms with E-state index in [1.165, 1.54) is 31.3 Å². The minimum atomic E-state index is -1.27. The topological polar surface area (TPSA) is 0 Å². The van der Waals surface area contributed by atoms with E-state index in [1.54, 1.807) is 0 Å². The van der Waals surface area contributed by atoms with Crippen LogP contribution in [0.5, 0.6) is 0 Å². The monoisotopic (exact) mass is 326 g/mol. The van der Waals surface area contributed by atoms with Crippen molar-refractivity contribution in [1.29, 1.82) is 0 Å². The second-order valence-corrected chi connectivity index (χ2v) is 8.50. The lowest BCUT2D eigenvalue weighted by molar-refractivity contribution is 0.0404. The molecular weight excluding hydrogens is 290 g/mol. The Bertz CT molecular complexity index is 387. The lowest BCUT2D eigenvalue weighted by atomic mass is 9.70. The zero-order valence-corrected chi connectivity index (χ0v) is 15.5. The lowest BCUT2D eigenvalue weighted by Crippen LogP contribution is -2.38. The van der Waals surface area contributed by atoms with E-state index < -0.39 is 12.3 Å². The van der Waals surface area contributed by atoms with Crippen LogP contribution in [0.15, 0.2) is 11.6 Å². The molecule has 6 atom stereocenters. The molecule has 1 saturated carbocycles. The standard InChI is InChI=1S/C21H36F2/c1-5-16(8-6-14(2)3)17-9-11-18(12-10-17)19-13-7-15(4)20(22)21(19)23/h11,14-17,19-21H,5-10,12-13H2,1-4H3. The molecule has 1 fully saturated rings. The van der Waals surface area contributed by atoms with Crippen molar-refractivity contribution in [2.45, 2.75) is 91.4 Å². The Balaban J connectivity index is 1.92. The number of alkyl halides is 2. The third-order valence-electron chi connectivity index (χ3n) is 6.43. The van der Waals surface area contributed by atoms with Crippen LogP contribution in [0, 0.1) is 29.6 Å². The molecule has 0 aromatic carbocycles. The van der Waals surface area contributed by atoms with Crippen LogP contribution in [0.1, 0.15) is 79.1 Å². The maximum Gasteiger partial charge on any atom is 0.138 e. The maximum absolute atomic E-state index is 14.4. The van der Waals surface area contributed by atoms with E-state index in [2.05, 4.69) is 26.8 Å². The van der Waals surface area contributed by atoms with Crippen molar-refractivity contribution in [1.82, 2.24) is 0 Å². The van der Waals surface area contributed by atoms with Gasteiger partial charge in [0.2, 0.25) is 0 Å². The molecule has 0 N–H and O–H groups in total. The van der Waals surface area contributed by atoms with Crippen LogP contribution in [0.4, 0.5) is 8.78 Å². The highest BCUT2D eigenvalue weighted by atomic mass is 19.2. The van der Waals surface area contributed by atoms with Crippen LogP contribution in [0.25, 0.3) is 0 Å². The average molecular weight is 327 g/mol. The third kappa shape index (κ3) is 4.79. The van der Waals surface area contributed by atoms with E-state index >= 15 is 0 Å². The zero-order valence-electron chi connectivity index (χ0n) is 15.5. The summed E-state index contributed by atoms with van der Waals surface area (Å²) in [6.07, 6.45) is 8.55. The second kappa shape index (κ2) is 8.62. The summed E-state index contributed by atoms with van der Waals surface area (Å²) in [5, 5.41) is 0. The number of halogens is 2. The van der Waals surface area contributed by atoms with Gasteiger partial charge in [0.25, 0.3) is 0 Å². The highest BCUT2D eigenvalue weighted by Gasteiger charge is 2.40. The van der Waals surface area contributed by atoms with Gasteiger partial charge in [0.15, 0.2) is 0 Å². The molecule has 0 spiro atoms. The molecule has 2 heteroatoms. The molecule has 0 nitrogen and oxygen atoms in total. The van der Waals surface area contributed by atoms with Crippen molar-refractivity contribution in [3.05, 3.63) is 11.6 Å². The molecule has 0 bridgehead atoms. The van der Waals surface area contributed by atoms with Gasteiger partial charge in [-0.25, -0.2) is 8.78 Å². The Hall–Kier alpha value is -0.400. The van der Waals surface area contributed by atoms with Crippen LogP contribution >= 0.6 is 0 Å². The van der Waals surface area contributed by atoms with Gasteiger partial charge >= 0.3 is 0 Å². The largest absolute Gasteiger partial charge is 0.244 e. The Morgan fingerprint density at radius 1 is 1.09 bits per heavy atom. The average Bonchev–Trinajstić information content (AvgIpc) is 2.54. The van der Waals surface area contributed by atoms with Crippen molar-refractivity contribution in [2.75, 3.05) is 0 Å². The number of rotatable bonds is 6. The van der Waals surface area contributed by atoms with E-state index in [-0.39, 0.29) is 11.8 Å². The first-order valence-corrected chi connectivity index (χ1v) is 9.91. The summed E-state index contributed by atoms with van der Waals surface area (Å²) >= 11 is 0. The highest BCUT2D eigenvalue weighted by Crippen LogP contribution is 2.43. The van der Waals surface area contributed by atoms with Gasteiger partial charge in [-0.2, -0.15) is 0 Å². The zero-order chi connectivity index (χ0) is 17.0. The summed E-state index contributed by atoms with van der Waals surface area (Å²) in [6.45, 7) is 8.74.